The quantitative estimate of drug-likeness (QED) is 0.0258. The second kappa shape index (κ2) is 50.9. The summed E-state index contributed by atoms with van der Waals surface area (Å²) >= 11 is 0. The monoisotopic (exact) mass is 1050 g/mol. The van der Waals surface area contributed by atoms with Gasteiger partial charge in [-0.25, -0.2) is 4.18 Å². The van der Waals surface area contributed by atoms with Gasteiger partial charge in [0.15, 0.2) is 6.29 Å². The zero-order chi connectivity index (χ0) is 52.4. The number of rotatable bonds is 56. The van der Waals surface area contributed by atoms with E-state index in [1.807, 2.05) is 0 Å². The molecule has 1 heterocycles. The molecule has 0 aromatic carbocycles. The van der Waals surface area contributed by atoms with Crippen LogP contribution >= 0.6 is 0 Å². The van der Waals surface area contributed by atoms with Gasteiger partial charge < -0.3 is 34.3 Å². The first-order valence-corrected chi connectivity index (χ1v) is 32.2. The maximum Gasteiger partial charge on any atom is 0.397 e. The van der Waals surface area contributed by atoms with Crippen LogP contribution in [-0.2, 0) is 38.3 Å². The van der Waals surface area contributed by atoms with Crippen molar-refractivity contribution in [3.05, 3.63) is 0 Å². The Balaban J connectivity index is 2.24. The summed E-state index contributed by atoms with van der Waals surface area (Å²) in [6.45, 7) is 4.09. The summed E-state index contributed by atoms with van der Waals surface area (Å²) < 4.78 is 59.5. The molecule has 0 saturated carbocycles. The molecule has 72 heavy (non-hydrogen) atoms. The Morgan fingerprint density at radius 3 is 1.11 bits per heavy atom. The van der Waals surface area contributed by atoms with Crippen LogP contribution in [0.5, 0.6) is 0 Å². The topological polar surface area (TPSA) is 178 Å². The molecule has 6 atom stereocenters. The highest BCUT2D eigenvalue weighted by molar-refractivity contribution is 7.80. The van der Waals surface area contributed by atoms with Gasteiger partial charge in [0.2, 0.25) is 0 Å². The van der Waals surface area contributed by atoms with Crippen LogP contribution in [0, 0.1) is 0 Å². The number of unbranched alkanes of at least 4 members (excludes halogenated alkanes) is 43. The third kappa shape index (κ3) is 43.2. The van der Waals surface area contributed by atoms with Crippen molar-refractivity contribution in [2.45, 2.75) is 346 Å². The average molecular weight is 1050 g/mol. The minimum Gasteiger partial charge on any atom is -0.457 e. The molecule has 13 heteroatoms. The summed E-state index contributed by atoms with van der Waals surface area (Å²) in [5.41, 5.74) is 0. The summed E-state index contributed by atoms with van der Waals surface area (Å²) in [4.78, 5) is 13.0. The molecule has 12 nitrogen and oxygen atoms in total. The smallest absolute Gasteiger partial charge is 0.397 e. The second-order valence-corrected chi connectivity index (χ2v) is 22.7. The fourth-order valence-corrected chi connectivity index (χ4v) is 10.6. The van der Waals surface area contributed by atoms with Crippen molar-refractivity contribution < 1.29 is 56.2 Å². The lowest BCUT2D eigenvalue weighted by atomic mass is 9.99. The minimum absolute atomic E-state index is 0.0458. The van der Waals surface area contributed by atoms with Crippen LogP contribution in [0.3, 0.4) is 0 Å². The van der Waals surface area contributed by atoms with Gasteiger partial charge in [-0.05, 0) is 12.8 Å². The van der Waals surface area contributed by atoms with E-state index in [4.69, 9.17) is 18.9 Å². The van der Waals surface area contributed by atoms with Gasteiger partial charge in [-0.15, -0.1) is 0 Å². The van der Waals surface area contributed by atoms with Gasteiger partial charge in [0.05, 0.1) is 19.8 Å². The average Bonchev–Trinajstić information content (AvgIpc) is 3.36. The molecule has 0 radical (unpaired) electrons. The van der Waals surface area contributed by atoms with E-state index in [9.17, 15) is 33.1 Å². The van der Waals surface area contributed by atoms with Crippen LogP contribution < -0.4 is 0 Å². The van der Waals surface area contributed by atoms with Gasteiger partial charge in [0.25, 0.3) is 0 Å². The maximum atomic E-state index is 13.0. The Morgan fingerprint density at radius 2 is 0.792 bits per heavy atom. The second-order valence-electron chi connectivity index (χ2n) is 21.7. The summed E-state index contributed by atoms with van der Waals surface area (Å²) in [6.07, 6.45) is 50.1. The summed E-state index contributed by atoms with van der Waals surface area (Å²) in [6, 6.07) is 0. The SMILES string of the molecule is CCCCCCCCCCCCCCCCCCCCCCCCCCCOCC(COC1OC(CO)C(O)C(OS(=O)(=O)O)C1O)OC(=O)CCCCCCCCCCCCCCCCCCCCCC. The van der Waals surface area contributed by atoms with Crippen molar-refractivity contribution >= 4 is 16.4 Å². The normalized spacial score (nSPS) is 18.8. The van der Waals surface area contributed by atoms with E-state index in [-0.39, 0.29) is 25.6 Å². The molecule has 0 aromatic heterocycles. The first kappa shape index (κ1) is 69.1. The number of esters is 1. The predicted molar refractivity (Wildman–Crippen MR) is 295 cm³/mol. The lowest BCUT2D eigenvalue weighted by Gasteiger charge is -2.41. The maximum absolute atomic E-state index is 13.0. The molecule has 6 unspecified atom stereocenters. The standard InChI is InChI=1S/C59H116O12S/c1-3-5-7-9-11-13-15-17-19-21-23-25-26-27-28-29-31-33-35-37-39-41-43-45-47-49-67-51-53(52-68-59-57(63)58(71-72(64,65)66)56(62)54(50-60)70-59)69-55(61)48-46-44-42-40-38-36-34-32-30-24-22-20-18-16-14-12-10-8-6-4-2/h53-54,56-60,62-63H,3-52H2,1-2H3,(H,64,65,66). The summed E-state index contributed by atoms with van der Waals surface area (Å²) in [5, 5.41) is 30.9. The van der Waals surface area contributed by atoms with Crippen molar-refractivity contribution in [2.24, 2.45) is 0 Å². The van der Waals surface area contributed by atoms with Crippen LogP contribution in [0.1, 0.15) is 309 Å². The zero-order valence-electron chi connectivity index (χ0n) is 46.8. The van der Waals surface area contributed by atoms with E-state index in [1.165, 1.54) is 244 Å². The molecular formula is C59H116O12S. The lowest BCUT2D eigenvalue weighted by Crippen LogP contribution is -2.60. The fourth-order valence-electron chi connectivity index (χ4n) is 10.1. The van der Waals surface area contributed by atoms with Crippen LogP contribution in [0.4, 0.5) is 0 Å². The third-order valence-electron chi connectivity index (χ3n) is 14.7. The minimum atomic E-state index is -5.06. The van der Waals surface area contributed by atoms with Gasteiger partial charge in [0, 0.05) is 13.0 Å². The van der Waals surface area contributed by atoms with Crippen molar-refractivity contribution in [1.29, 1.82) is 0 Å². The van der Waals surface area contributed by atoms with Gasteiger partial charge in [0.1, 0.15) is 30.5 Å². The Morgan fingerprint density at radius 1 is 0.472 bits per heavy atom. The molecule has 1 fully saturated rings. The van der Waals surface area contributed by atoms with Crippen LogP contribution in [0.25, 0.3) is 0 Å². The molecular weight excluding hydrogens is 933 g/mol. The molecule has 0 aliphatic carbocycles. The van der Waals surface area contributed by atoms with E-state index in [2.05, 4.69) is 18.0 Å². The van der Waals surface area contributed by atoms with Crippen LogP contribution in [-0.4, -0.2) is 97.5 Å². The third-order valence-corrected chi connectivity index (χ3v) is 15.2. The molecule has 0 amide bonds. The van der Waals surface area contributed by atoms with Crippen molar-refractivity contribution in [1.82, 2.24) is 0 Å². The lowest BCUT2D eigenvalue weighted by molar-refractivity contribution is -0.301. The number of carbonyl (C=O) groups excluding carboxylic acids is 1. The van der Waals surface area contributed by atoms with E-state index >= 15 is 0 Å². The number of ether oxygens (including phenoxy) is 4. The molecule has 1 rings (SSSR count). The molecule has 4 N–H and O–H groups in total. The van der Waals surface area contributed by atoms with E-state index < -0.39 is 53.8 Å². The molecule has 1 saturated heterocycles. The largest absolute Gasteiger partial charge is 0.457 e. The van der Waals surface area contributed by atoms with Crippen molar-refractivity contribution in [3.8, 4) is 0 Å². The Hall–Kier alpha value is -0.900. The fraction of sp³-hybridized carbons (Fsp3) is 0.983. The van der Waals surface area contributed by atoms with Gasteiger partial charge in [-0.1, -0.05) is 290 Å². The Kier molecular flexibility index (Phi) is 48.9. The zero-order valence-corrected chi connectivity index (χ0v) is 47.6. The highest BCUT2D eigenvalue weighted by atomic mass is 32.3. The summed E-state index contributed by atoms with van der Waals surface area (Å²) in [7, 11) is -5.06. The predicted octanol–water partition coefficient (Wildman–Crippen LogP) is 15.5. The van der Waals surface area contributed by atoms with E-state index in [1.54, 1.807) is 0 Å². The number of aliphatic hydroxyl groups is 3. The Bertz CT molecular complexity index is 1260. The summed E-state index contributed by atoms with van der Waals surface area (Å²) in [5.74, 6) is -0.388. The molecule has 1 aliphatic rings. The number of carbonyl (C=O) groups is 1. The highest BCUT2D eigenvalue weighted by Gasteiger charge is 2.48. The van der Waals surface area contributed by atoms with Gasteiger partial charge >= 0.3 is 16.4 Å². The number of aliphatic hydroxyl groups excluding tert-OH is 3. The number of hydrogen-bond donors (Lipinski definition) is 4. The molecule has 430 valence electrons. The van der Waals surface area contributed by atoms with E-state index in [0.29, 0.717) is 13.0 Å². The Labute approximate surface area is 443 Å². The highest BCUT2D eigenvalue weighted by Crippen LogP contribution is 2.26. The van der Waals surface area contributed by atoms with Crippen LogP contribution in [0.2, 0.25) is 0 Å². The van der Waals surface area contributed by atoms with Crippen molar-refractivity contribution in [2.75, 3.05) is 26.4 Å². The molecule has 0 spiro atoms. The van der Waals surface area contributed by atoms with Gasteiger partial charge in [-0.2, -0.15) is 8.42 Å². The molecule has 0 bridgehead atoms. The van der Waals surface area contributed by atoms with Crippen molar-refractivity contribution in [3.63, 3.8) is 0 Å². The van der Waals surface area contributed by atoms with Crippen LogP contribution in [0.15, 0.2) is 0 Å². The molecule has 1 aliphatic heterocycles. The first-order valence-electron chi connectivity index (χ1n) is 30.8. The van der Waals surface area contributed by atoms with Gasteiger partial charge in [-0.3, -0.25) is 9.35 Å². The number of hydrogen-bond acceptors (Lipinski definition) is 11. The first-order chi connectivity index (χ1) is 35.1. The molecule has 0 aromatic rings. The van der Waals surface area contributed by atoms with E-state index in [0.717, 1.165) is 38.5 Å².